The summed E-state index contributed by atoms with van der Waals surface area (Å²) in [6.45, 7) is 1.75. The topological polar surface area (TPSA) is 73.9 Å². The van der Waals surface area contributed by atoms with Crippen molar-refractivity contribution in [3.63, 3.8) is 0 Å². The van der Waals surface area contributed by atoms with Crippen molar-refractivity contribution in [1.82, 2.24) is 15.2 Å². The molecule has 25 heavy (non-hydrogen) atoms. The number of hydrogen-bond donors (Lipinski definition) is 2. The van der Waals surface area contributed by atoms with Crippen molar-refractivity contribution >= 4 is 22.4 Å². The molecule has 1 unspecified atom stereocenters. The summed E-state index contributed by atoms with van der Waals surface area (Å²) in [5.41, 5.74) is -0.171. The van der Waals surface area contributed by atoms with Crippen LogP contribution in [0.5, 0.6) is 0 Å². The number of nitrogens with one attached hydrogen (secondary N) is 2. The first-order chi connectivity index (χ1) is 12.3. The molecule has 0 radical (unpaired) electrons. The number of rotatable bonds is 4. The molecule has 1 aliphatic heterocycles. The highest BCUT2D eigenvalue weighted by Crippen LogP contribution is 2.24. The van der Waals surface area contributed by atoms with Crippen LogP contribution in [0.2, 0.25) is 0 Å². The summed E-state index contributed by atoms with van der Waals surface area (Å²) in [5.74, 6) is 1.75. The number of nitrogens with zero attached hydrogens (tertiary/aromatic N) is 3. The quantitative estimate of drug-likeness (QED) is 0.767. The minimum absolute atomic E-state index is 0.171. The smallest absolute Gasteiger partial charge is 0.264 e. The number of anilines is 2. The van der Waals surface area contributed by atoms with Crippen molar-refractivity contribution in [1.29, 1.82) is 0 Å². The van der Waals surface area contributed by atoms with Crippen LogP contribution < -0.4 is 15.8 Å². The van der Waals surface area contributed by atoms with Gasteiger partial charge in [-0.15, -0.1) is 0 Å². The van der Waals surface area contributed by atoms with Crippen LogP contribution in [0.1, 0.15) is 19.3 Å². The maximum Gasteiger partial charge on any atom is 0.264 e. The van der Waals surface area contributed by atoms with E-state index in [1.807, 2.05) is 24.4 Å². The summed E-state index contributed by atoms with van der Waals surface area (Å²) in [6.07, 6.45) is 5.28. The molecule has 0 bridgehead atoms. The number of fused-ring (bicyclic) bond motifs is 1. The summed E-state index contributed by atoms with van der Waals surface area (Å²) >= 11 is 0. The van der Waals surface area contributed by atoms with E-state index in [-0.39, 0.29) is 5.56 Å². The van der Waals surface area contributed by atoms with Gasteiger partial charge in [-0.1, -0.05) is 24.3 Å². The van der Waals surface area contributed by atoms with E-state index in [1.54, 1.807) is 6.07 Å². The molecule has 4 rings (SSSR count). The van der Waals surface area contributed by atoms with Crippen LogP contribution in [0.4, 0.5) is 11.6 Å². The molecule has 0 spiro atoms. The number of H-pyrrole nitrogens is 1. The Morgan fingerprint density at radius 2 is 2.08 bits per heavy atom. The maximum absolute atomic E-state index is 11.3. The molecule has 6 heteroatoms. The molecule has 1 saturated heterocycles. The van der Waals surface area contributed by atoms with E-state index in [1.165, 1.54) is 17.9 Å². The molecule has 1 aliphatic rings. The number of aromatic amines is 1. The fourth-order valence-corrected chi connectivity index (χ4v) is 3.49. The average molecular weight is 335 g/mol. The Morgan fingerprint density at radius 3 is 2.96 bits per heavy atom. The molecule has 3 heterocycles. The fourth-order valence-electron chi connectivity index (χ4n) is 3.49. The average Bonchev–Trinajstić information content (AvgIpc) is 2.67. The standard InChI is InChI=1S/C19H21N5O/c25-18-9-8-17(22-23-18)24-12-4-3-6-15(24)13-21-19-16-7-2-1-5-14(16)10-11-20-19/h1-2,5,7-11,15H,3-4,6,12-13H2,(H,20,21)(H,23,25). The SMILES string of the molecule is O=c1ccc(N2CCCCC2CNc2nccc3ccccc23)n[nH]1. The molecule has 0 amide bonds. The lowest BCUT2D eigenvalue weighted by Crippen LogP contribution is -2.44. The molecule has 1 fully saturated rings. The van der Waals surface area contributed by atoms with Crippen LogP contribution in [0, 0.1) is 0 Å². The highest BCUT2D eigenvalue weighted by Gasteiger charge is 2.23. The summed E-state index contributed by atoms with van der Waals surface area (Å²) in [4.78, 5) is 18.0. The zero-order valence-electron chi connectivity index (χ0n) is 14.0. The van der Waals surface area contributed by atoms with Crippen molar-refractivity contribution in [3.05, 3.63) is 59.0 Å². The molecule has 6 nitrogen and oxygen atoms in total. The van der Waals surface area contributed by atoms with Gasteiger partial charge in [0.15, 0.2) is 0 Å². The fraction of sp³-hybridized carbons (Fsp3) is 0.316. The van der Waals surface area contributed by atoms with Crippen LogP contribution in [-0.4, -0.2) is 34.3 Å². The van der Waals surface area contributed by atoms with Gasteiger partial charge in [-0.3, -0.25) is 4.79 Å². The van der Waals surface area contributed by atoms with Crippen molar-refractivity contribution in [2.75, 3.05) is 23.3 Å². The molecule has 1 aromatic carbocycles. The Kier molecular flexibility index (Phi) is 4.33. The van der Waals surface area contributed by atoms with Gasteiger partial charge in [0.2, 0.25) is 0 Å². The van der Waals surface area contributed by atoms with E-state index in [0.29, 0.717) is 6.04 Å². The first-order valence-electron chi connectivity index (χ1n) is 8.71. The van der Waals surface area contributed by atoms with E-state index < -0.39 is 0 Å². The first-order valence-corrected chi connectivity index (χ1v) is 8.71. The Morgan fingerprint density at radius 1 is 1.16 bits per heavy atom. The third-order valence-corrected chi connectivity index (χ3v) is 4.76. The molecular weight excluding hydrogens is 314 g/mol. The highest BCUT2D eigenvalue weighted by atomic mass is 16.1. The van der Waals surface area contributed by atoms with Crippen molar-refractivity contribution in [3.8, 4) is 0 Å². The minimum atomic E-state index is -0.171. The molecule has 0 aliphatic carbocycles. The summed E-state index contributed by atoms with van der Waals surface area (Å²) < 4.78 is 0. The Labute approximate surface area is 145 Å². The number of pyridine rings is 1. The second-order valence-electron chi connectivity index (χ2n) is 6.38. The van der Waals surface area contributed by atoms with Gasteiger partial charge in [0.1, 0.15) is 11.6 Å². The number of hydrogen-bond acceptors (Lipinski definition) is 5. The lowest BCUT2D eigenvalue weighted by molar-refractivity contribution is 0.467. The van der Waals surface area contributed by atoms with Gasteiger partial charge in [-0.05, 0) is 36.8 Å². The van der Waals surface area contributed by atoms with E-state index in [9.17, 15) is 4.79 Å². The van der Waals surface area contributed by atoms with Crippen LogP contribution in [0.25, 0.3) is 10.8 Å². The van der Waals surface area contributed by atoms with Gasteiger partial charge in [-0.25, -0.2) is 10.1 Å². The second-order valence-corrected chi connectivity index (χ2v) is 6.38. The molecular formula is C19H21N5O. The van der Waals surface area contributed by atoms with Gasteiger partial charge in [0, 0.05) is 36.8 Å². The number of aromatic nitrogens is 3. The van der Waals surface area contributed by atoms with Crippen LogP contribution in [0.3, 0.4) is 0 Å². The van der Waals surface area contributed by atoms with E-state index in [4.69, 9.17) is 0 Å². The molecule has 3 aromatic rings. The predicted molar refractivity (Wildman–Crippen MR) is 100 cm³/mol. The third-order valence-electron chi connectivity index (χ3n) is 4.76. The zero-order valence-corrected chi connectivity index (χ0v) is 14.0. The monoisotopic (exact) mass is 335 g/mol. The number of piperidine rings is 1. The summed E-state index contributed by atoms with van der Waals surface area (Å²) in [7, 11) is 0. The van der Waals surface area contributed by atoms with Gasteiger partial charge in [0.25, 0.3) is 5.56 Å². The first kappa shape index (κ1) is 15.6. The largest absolute Gasteiger partial charge is 0.367 e. The van der Waals surface area contributed by atoms with Crippen LogP contribution in [-0.2, 0) is 0 Å². The van der Waals surface area contributed by atoms with Gasteiger partial charge < -0.3 is 10.2 Å². The lowest BCUT2D eigenvalue weighted by atomic mass is 10.0. The Hall–Kier alpha value is -2.89. The van der Waals surface area contributed by atoms with E-state index in [0.717, 1.165) is 43.0 Å². The predicted octanol–water partition coefficient (Wildman–Crippen LogP) is 2.79. The lowest BCUT2D eigenvalue weighted by Gasteiger charge is -2.36. The highest BCUT2D eigenvalue weighted by molar-refractivity contribution is 5.91. The second kappa shape index (κ2) is 6.93. The minimum Gasteiger partial charge on any atom is -0.367 e. The molecule has 2 aromatic heterocycles. The normalized spacial score (nSPS) is 17.6. The molecule has 1 atom stereocenters. The Balaban J connectivity index is 1.53. The van der Waals surface area contributed by atoms with E-state index in [2.05, 4.69) is 37.5 Å². The van der Waals surface area contributed by atoms with Crippen LogP contribution >= 0.6 is 0 Å². The van der Waals surface area contributed by atoms with Crippen molar-refractivity contribution < 1.29 is 0 Å². The van der Waals surface area contributed by atoms with Crippen molar-refractivity contribution in [2.45, 2.75) is 25.3 Å². The third kappa shape index (κ3) is 3.33. The zero-order chi connectivity index (χ0) is 17.1. The molecule has 128 valence electrons. The van der Waals surface area contributed by atoms with Gasteiger partial charge in [-0.2, -0.15) is 5.10 Å². The molecule has 0 saturated carbocycles. The molecule has 2 N–H and O–H groups in total. The summed E-state index contributed by atoms with van der Waals surface area (Å²) in [5, 5.41) is 12.6. The van der Waals surface area contributed by atoms with E-state index >= 15 is 0 Å². The number of benzene rings is 1. The van der Waals surface area contributed by atoms with Crippen LogP contribution in [0.15, 0.2) is 53.5 Å². The van der Waals surface area contributed by atoms with Crippen molar-refractivity contribution in [2.24, 2.45) is 0 Å². The van der Waals surface area contributed by atoms with Gasteiger partial charge >= 0.3 is 0 Å². The summed E-state index contributed by atoms with van der Waals surface area (Å²) in [6, 6.07) is 13.9. The maximum atomic E-state index is 11.3. The Bertz CT molecular complexity index is 897. The van der Waals surface area contributed by atoms with Gasteiger partial charge in [0.05, 0.1) is 0 Å².